The van der Waals surface area contributed by atoms with Crippen molar-refractivity contribution in [3.05, 3.63) is 0 Å². The summed E-state index contributed by atoms with van der Waals surface area (Å²) in [5.74, 6) is 0. The molecule has 64 N–H and O–H groups in total. The first-order valence-corrected chi connectivity index (χ1v) is 0. The van der Waals surface area contributed by atoms with Crippen LogP contribution in [0.15, 0.2) is 0 Å². The molecule has 2 radical (unpaired) electrons. The van der Waals surface area contributed by atoms with Crippen molar-refractivity contribution >= 4 is 0 Å². The van der Waals surface area contributed by atoms with E-state index in [1.165, 1.54) is 0 Å². The van der Waals surface area contributed by atoms with E-state index in [0.717, 1.165) is 0 Å². The van der Waals surface area contributed by atoms with Gasteiger partial charge in [-0.25, -0.2) is 0 Å². The minimum Gasteiger partial charge on any atom is -2.00 e. The van der Waals surface area contributed by atoms with Gasteiger partial charge in [0.15, 0.2) is 0 Å². The Morgan fingerprint density at radius 1 is 0.0610 bits per heavy atom. The van der Waals surface area contributed by atoms with E-state index in [0.29, 0.717) is 0 Å². The van der Waals surface area contributed by atoms with Crippen LogP contribution in [0, 0.1) is 0 Å². The van der Waals surface area contributed by atoms with Gasteiger partial charge < -0.3 is 376 Å². The van der Waals surface area contributed by atoms with Gasteiger partial charge in [-0.3, -0.25) is 0 Å². The largest absolute Gasteiger partial charge is 3.00 e. The van der Waals surface area contributed by atoms with Crippen molar-refractivity contribution in [2.75, 3.05) is 0 Å². The summed E-state index contributed by atoms with van der Waals surface area (Å²) in [5, 5.41) is 0. The Labute approximate surface area is 656 Å². The van der Waals surface area contributed by atoms with Crippen LogP contribution in [0.3, 0.4) is 0 Å². The van der Waals surface area contributed by atoms with E-state index in [1.807, 2.05) is 0 Å². The Balaban J connectivity index is 0. The van der Waals surface area contributed by atoms with Crippen LogP contribution < -0.4 is 36.9 Å². The molecule has 0 rings (SSSR count). The molecule has 0 fully saturated rings. The molecule has 0 aliphatic heterocycles. The van der Waals surface area contributed by atoms with Gasteiger partial charge in [-0.15, -0.1) is 0 Å². The molecule has 82 heteroatoms. The number of hydrogen-bond acceptors (Lipinski definition) is 0. The maximum atomic E-state index is 0. The van der Waals surface area contributed by atoms with Crippen molar-refractivity contribution in [3.8, 4) is 0 Å². The molecule has 0 bridgehead atoms. The van der Waals surface area contributed by atoms with Crippen LogP contribution in [-0.4, -0.2) is 110 Å². The quantitative estimate of drug-likeness (QED) is 0.123. The zero-order valence-electron chi connectivity index (χ0n) is 38.9. The molecule has 0 saturated heterocycles. The molecular formula is H64Cr2Mo12N6O62-72. The smallest absolute Gasteiger partial charge is 2.00 e. The molecule has 0 amide bonds. The van der Waals surface area contributed by atoms with Crippen LogP contribution in [0.25, 0.3) is 0 Å². The van der Waals surface area contributed by atoms with Gasteiger partial charge in [0, 0.05) is 253 Å². The average molecular weight is 2400 g/mol. The molecule has 0 unspecified atom stereocenters. The Bertz CT molecular complexity index is 91.6. The topological polar surface area (TPSA) is 2050 Å². The van der Waals surface area contributed by atoms with Gasteiger partial charge in [-0.05, 0) is 0 Å². The third kappa shape index (κ3) is 14500. The Kier molecular flexibility index (Phi) is 2860000. The second-order valence-corrected chi connectivity index (χ2v) is 0. The second kappa shape index (κ2) is 15100. The van der Waals surface area contributed by atoms with Crippen LogP contribution >= 0.6 is 0 Å². The van der Waals surface area contributed by atoms with E-state index in [9.17, 15) is 0 Å². The first-order chi connectivity index (χ1) is 0. The minimum atomic E-state index is 0. The van der Waals surface area contributed by atoms with Gasteiger partial charge in [0.1, 0.15) is 0 Å². The maximum absolute atomic E-state index is 0. The van der Waals surface area contributed by atoms with Crippen molar-refractivity contribution < 1.29 is 627 Å². The number of hydrogen-bond donors (Lipinski definition) is 6. The van der Waals surface area contributed by atoms with Gasteiger partial charge in [0.25, 0.3) is 0 Å². The van der Waals surface area contributed by atoms with Crippen molar-refractivity contribution in [3.63, 3.8) is 0 Å². The molecule has 0 aromatic rings. The van der Waals surface area contributed by atoms with E-state index in [4.69, 9.17) is 0 Å². The third-order valence-corrected chi connectivity index (χ3v) is 0. The Morgan fingerprint density at radius 2 is 0.0610 bits per heavy atom. The monoisotopic (exact) mass is 2420 g/mol. The van der Waals surface area contributed by atoms with Crippen molar-refractivity contribution in [1.82, 2.24) is 36.9 Å². The molecule has 0 saturated carbocycles. The van der Waals surface area contributed by atoms with E-state index in [-0.39, 0.29) is 664 Å². The summed E-state index contributed by atoms with van der Waals surface area (Å²) < 4.78 is 0. The molecule has 0 aliphatic rings. The fraction of sp³-hybridized carbons (Fsp3) is 0. The summed E-state index contributed by atoms with van der Waals surface area (Å²) in [6.07, 6.45) is 0. The normalized spacial score (nSPS) is 0. The first kappa shape index (κ1) is 15600. The summed E-state index contributed by atoms with van der Waals surface area (Å²) in [4.78, 5) is 0. The van der Waals surface area contributed by atoms with Crippen molar-refractivity contribution in [2.45, 2.75) is 0 Å². The molecule has 0 spiro atoms. The average Bonchev–Trinajstić information content (AvgIpc) is 0. The summed E-state index contributed by atoms with van der Waals surface area (Å²) in [5.41, 5.74) is 0. The van der Waals surface area contributed by atoms with E-state index < -0.39 is 0 Å². The van der Waals surface area contributed by atoms with Gasteiger partial charge in [0.05, 0.1) is 0 Å². The zero-order valence-corrected chi connectivity index (χ0v) is 65.5. The SMILES string of the molecule is O.O.O.O.O.O.O.O.O.O.O.O.O.O.O.O.O.O.O.O.[Cr+3].[Cr+3].[Mo].[Mo].[Mo].[Mo].[Mo].[Mo].[Mo].[Mo].[Mo].[Mo].[Mo].[Mo].[NH4+].[NH4+].[NH4+].[NH4+].[NH4+].[NH4+].[O-2].[O-2].[O-2].[O-2].[O-2].[O-2].[O-2].[O-2].[O-2].[O-2].[O-2].[O-2].[O-2].[O-2].[O-2].[O-2].[O-2].[O-2].[O-2].[O-2].[O-2].[O-2].[O-2].[O-2].[O-2].[O-2].[O-2].[O-2].[O-2].[O-2].[O-2].[O-2].[O-2].[O-2].[O-2].[O-2].[O-2].[O-2].[O-2].[O-2].[O-2].[O-2]. The van der Waals surface area contributed by atoms with E-state index >= 15 is 0 Å². The zero-order chi connectivity index (χ0) is 0. The van der Waals surface area contributed by atoms with Crippen LogP contribution in [0.4, 0.5) is 0 Å². The van der Waals surface area contributed by atoms with Crippen LogP contribution in [0.5, 0.6) is 0 Å². The summed E-state index contributed by atoms with van der Waals surface area (Å²) in [7, 11) is 0. The number of quaternary nitrogens is 6. The molecule has 0 aromatic carbocycles. The molecule has 0 aromatic heterocycles. The van der Waals surface area contributed by atoms with Gasteiger partial charge in [0.2, 0.25) is 0 Å². The van der Waals surface area contributed by atoms with E-state index in [1.54, 1.807) is 0 Å². The van der Waals surface area contributed by atoms with Gasteiger partial charge in [-0.2, -0.15) is 0 Å². The fourth-order valence-corrected chi connectivity index (χ4v) is 0. The summed E-state index contributed by atoms with van der Waals surface area (Å²) in [6.45, 7) is 0. The minimum absolute atomic E-state index is 0. The number of rotatable bonds is 0. The molecule has 0 aliphatic carbocycles. The Morgan fingerprint density at radius 3 is 0.0610 bits per heavy atom. The third-order valence-electron chi connectivity index (χ3n) is 0. The molecule has 0 heterocycles. The summed E-state index contributed by atoms with van der Waals surface area (Å²) in [6, 6.07) is 0. The molecule has 622 valence electrons. The van der Waals surface area contributed by atoms with Gasteiger partial charge >= 0.3 is 34.7 Å². The first-order valence-electron chi connectivity index (χ1n) is 0. The second-order valence-electron chi connectivity index (χ2n) is 0. The predicted molar refractivity (Wildman–Crippen MR) is 137 cm³/mol. The van der Waals surface area contributed by atoms with Crippen LogP contribution in [0.2, 0.25) is 0 Å². The fourth-order valence-electron chi connectivity index (χ4n) is 0. The molecule has 82 heavy (non-hydrogen) atoms. The van der Waals surface area contributed by atoms with Gasteiger partial charge in [-0.1, -0.05) is 0 Å². The molecule has 68 nitrogen and oxygen atoms in total. The summed E-state index contributed by atoms with van der Waals surface area (Å²) >= 11 is 0. The Hall–Kier alpha value is 6.60. The molecular weight excluding hydrogens is 2330 g/mol. The van der Waals surface area contributed by atoms with Crippen molar-refractivity contribution in [2.24, 2.45) is 0 Å². The van der Waals surface area contributed by atoms with E-state index in [2.05, 4.69) is 0 Å². The van der Waals surface area contributed by atoms with Crippen LogP contribution in [-0.2, 0) is 518 Å². The predicted octanol–water partition coefficient (Wildman–Crippen LogP) is -19.3. The van der Waals surface area contributed by atoms with Crippen molar-refractivity contribution in [1.29, 1.82) is 0 Å². The maximum Gasteiger partial charge on any atom is 3.00 e. The standard InChI is InChI=1S/2Cr.12Mo.6H3N.20H2O.42O/h;;;;;;;;;;;;;;6*1H3;20*1H2;;;;;;;;;;;;;;;;;;;;;;;;;;;;;;;;;;;;;;;;;;/q2*+3;;;;;;;;;;;;;;;;;;;;;;;;;;;;;;;;;;;;;;;42*-2/p+6. The molecule has 0 atom stereocenters. The van der Waals surface area contributed by atoms with Crippen LogP contribution in [0.1, 0.15) is 0 Å².